The summed E-state index contributed by atoms with van der Waals surface area (Å²) in [5.41, 5.74) is 21.9. The largest absolute Gasteiger partial charge is 0.135 e. The lowest BCUT2D eigenvalue weighted by atomic mass is 9.83. The standard InChI is InChI=1S/C108H62S4/c1-3-24-63(25-4-1)89-58-69(54-66-28-7-8-29-71(66)89)103-79-38-17-34-72(78-42-23-51-101-105(78)87-32-11-15-49-99(87)109-101)92(79)61-95-75(37-20-41-82(95)103)96-57-68(60-102-106(96)88-33-12-16-50-100(88)110-102)65-52-53-67-55-70(59-90(91(67)56-65)64-26-5-2-6-27-64)104-80-39-18-35-73(83-43-21-45-85-76-30-9-13-47-97(76)111-107(83)85)93(80)62-94-74(36-19-40-81(94)104)84-44-22-46-86-77-31-10-14-48-98(77)112-108(84)86/h1-62H. The monoisotopic (exact) mass is 1490 g/mol. The van der Waals surface area contributed by atoms with Crippen molar-refractivity contribution in [2.45, 2.75) is 0 Å². The topological polar surface area (TPSA) is 0 Å². The molecule has 0 amide bonds. The lowest BCUT2D eigenvalue weighted by molar-refractivity contribution is 1.63. The van der Waals surface area contributed by atoms with Gasteiger partial charge in [-0.3, -0.25) is 0 Å². The van der Waals surface area contributed by atoms with E-state index in [-0.39, 0.29) is 0 Å². The number of hydrogen-bond donors (Lipinski definition) is 0. The predicted octanol–water partition coefficient (Wildman–Crippen LogP) is 33.1. The van der Waals surface area contributed by atoms with Crippen LogP contribution in [0.3, 0.4) is 0 Å². The average Bonchev–Trinajstić information content (AvgIpc) is 1.04. The molecule has 24 rings (SSSR count). The lowest BCUT2D eigenvalue weighted by Crippen LogP contribution is -1.93. The van der Waals surface area contributed by atoms with Gasteiger partial charge in [0.15, 0.2) is 0 Å². The van der Waals surface area contributed by atoms with Crippen molar-refractivity contribution in [2.24, 2.45) is 0 Å². The molecule has 518 valence electrons. The Hall–Kier alpha value is -13.2. The van der Waals surface area contributed by atoms with Crippen molar-refractivity contribution >= 4 is 191 Å². The molecule has 0 fully saturated rings. The van der Waals surface area contributed by atoms with E-state index in [9.17, 15) is 0 Å². The van der Waals surface area contributed by atoms with Crippen LogP contribution in [0, 0.1) is 0 Å². The molecule has 0 N–H and O–H groups in total. The van der Waals surface area contributed by atoms with Gasteiger partial charge in [0.1, 0.15) is 0 Å². The Balaban J connectivity index is 0.746. The second-order valence-electron chi connectivity index (χ2n) is 29.9. The highest BCUT2D eigenvalue weighted by atomic mass is 32.1. The Morgan fingerprint density at radius 2 is 0.491 bits per heavy atom. The minimum atomic E-state index is 1.17. The fraction of sp³-hybridized carbons (Fsp3) is 0. The van der Waals surface area contributed by atoms with Crippen molar-refractivity contribution in [1.29, 1.82) is 0 Å². The van der Waals surface area contributed by atoms with E-state index in [1.807, 2.05) is 45.3 Å². The van der Waals surface area contributed by atoms with E-state index < -0.39 is 0 Å². The number of benzene rings is 20. The Morgan fingerprint density at radius 1 is 0.134 bits per heavy atom. The van der Waals surface area contributed by atoms with Crippen molar-refractivity contribution in [3.8, 4) is 100 Å². The van der Waals surface area contributed by atoms with E-state index in [1.165, 1.54) is 245 Å². The second-order valence-corrected chi connectivity index (χ2v) is 34.1. The van der Waals surface area contributed by atoms with E-state index in [0.29, 0.717) is 0 Å². The fourth-order valence-corrected chi connectivity index (χ4v) is 23.7. The van der Waals surface area contributed by atoms with Crippen LogP contribution in [0.4, 0.5) is 0 Å². The van der Waals surface area contributed by atoms with Crippen LogP contribution in [0.2, 0.25) is 0 Å². The second kappa shape index (κ2) is 25.2. The average molecular weight is 1490 g/mol. The molecule has 4 heteroatoms. The van der Waals surface area contributed by atoms with Gasteiger partial charge in [-0.15, -0.1) is 45.3 Å². The van der Waals surface area contributed by atoms with E-state index in [1.54, 1.807) is 0 Å². The fourth-order valence-electron chi connectivity index (χ4n) is 18.9. The van der Waals surface area contributed by atoms with Gasteiger partial charge >= 0.3 is 0 Å². The summed E-state index contributed by atoms with van der Waals surface area (Å²) in [5.74, 6) is 0. The molecule has 24 aromatic rings. The molecular weight excluding hydrogens is 1430 g/mol. The third kappa shape index (κ3) is 9.83. The van der Waals surface area contributed by atoms with Gasteiger partial charge < -0.3 is 0 Å². The number of hydrogen-bond acceptors (Lipinski definition) is 4. The summed E-state index contributed by atoms with van der Waals surface area (Å²) in [7, 11) is 0. The van der Waals surface area contributed by atoms with Gasteiger partial charge in [-0.2, -0.15) is 0 Å². The van der Waals surface area contributed by atoms with Crippen molar-refractivity contribution < 1.29 is 0 Å². The van der Waals surface area contributed by atoms with Crippen molar-refractivity contribution in [2.75, 3.05) is 0 Å². The molecule has 0 aliphatic rings. The molecule has 112 heavy (non-hydrogen) atoms. The quantitative estimate of drug-likeness (QED) is 0.126. The van der Waals surface area contributed by atoms with Gasteiger partial charge in [0, 0.05) is 91.8 Å². The molecule has 4 aromatic heterocycles. The van der Waals surface area contributed by atoms with Crippen molar-refractivity contribution in [3.63, 3.8) is 0 Å². The summed E-state index contributed by atoms with van der Waals surface area (Å²) in [6.07, 6.45) is 0. The van der Waals surface area contributed by atoms with Gasteiger partial charge in [-0.05, 0) is 239 Å². The predicted molar refractivity (Wildman–Crippen MR) is 492 cm³/mol. The van der Waals surface area contributed by atoms with Crippen LogP contribution in [-0.4, -0.2) is 0 Å². The molecule has 0 radical (unpaired) electrons. The minimum Gasteiger partial charge on any atom is -0.135 e. The van der Waals surface area contributed by atoms with Gasteiger partial charge in [0.05, 0.1) is 0 Å². The first kappa shape index (κ1) is 63.7. The summed E-state index contributed by atoms with van der Waals surface area (Å²) in [6.45, 7) is 0. The molecule has 20 aromatic carbocycles. The highest BCUT2D eigenvalue weighted by Crippen LogP contribution is 2.54. The maximum Gasteiger partial charge on any atom is 0.0434 e. The maximum atomic E-state index is 2.55. The van der Waals surface area contributed by atoms with Gasteiger partial charge in [-0.1, -0.05) is 291 Å². The smallest absolute Gasteiger partial charge is 0.0434 e. The summed E-state index contributed by atoms with van der Waals surface area (Å²) < 4.78 is 10.4. The normalized spacial score (nSPS) is 12.1. The SMILES string of the molecule is c1ccc(-c2cc(-c3c4cccc(-c5cccc6sc7ccccc7c56)c4cc4c(-c5cc(-c6ccc7cc(-c8c9cccc(-c%10cccc%11c%10sc%10ccccc%10%11)c9cc9c(-c%10cccc%11c%10sc%10ccccc%10%11)cccc89)cc(-c8ccccc8)c7c6)cc6sc7ccccc7c56)cccc34)cc3ccccc23)cc1. The first-order valence-corrected chi connectivity index (χ1v) is 41.7. The number of fused-ring (bicyclic) bond motifs is 18. The molecule has 0 spiro atoms. The number of thiophene rings is 4. The Kier molecular flexibility index (Phi) is 14.3. The Bertz CT molecular complexity index is 7950. The van der Waals surface area contributed by atoms with E-state index in [0.717, 1.165) is 0 Å². The van der Waals surface area contributed by atoms with Crippen LogP contribution >= 0.6 is 45.3 Å². The first-order valence-electron chi connectivity index (χ1n) is 38.4. The first-order chi connectivity index (χ1) is 55.5. The summed E-state index contributed by atoms with van der Waals surface area (Å²) in [6, 6.07) is 143. The molecule has 0 aliphatic carbocycles. The Labute approximate surface area is 661 Å². The summed E-state index contributed by atoms with van der Waals surface area (Å²) in [4.78, 5) is 0. The van der Waals surface area contributed by atoms with Crippen LogP contribution in [0.15, 0.2) is 376 Å². The van der Waals surface area contributed by atoms with Gasteiger partial charge in [0.2, 0.25) is 0 Å². The minimum absolute atomic E-state index is 1.17. The molecule has 0 atom stereocenters. The molecule has 0 bridgehead atoms. The summed E-state index contributed by atoms with van der Waals surface area (Å²) in [5, 5.41) is 25.0. The molecule has 4 heterocycles. The molecule has 0 saturated heterocycles. The van der Waals surface area contributed by atoms with E-state index >= 15 is 0 Å². The highest BCUT2D eigenvalue weighted by molar-refractivity contribution is 7.27. The van der Waals surface area contributed by atoms with Crippen LogP contribution in [0.5, 0.6) is 0 Å². The van der Waals surface area contributed by atoms with E-state index in [2.05, 4.69) is 376 Å². The van der Waals surface area contributed by atoms with Crippen LogP contribution in [0.1, 0.15) is 0 Å². The molecule has 0 aliphatic heterocycles. The zero-order chi connectivity index (χ0) is 73.2. The zero-order valence-electron chi connectivity index (χ0n) is 60.4. The molecular formula is C108H62S4. The van der Waals surface area contributed by atoms with Crippen LogP contribution in [-0.2, 0) is 0 Å². The Morgan fingerprint density at radius 3 is 1.02 bits per heavy atom. The maximum absolute atomic E-state index is 2.55. The van der Waals surface area contributed by atoms with Crippen LogP contribution in [0.25, 0.3) is 245 Å². The van der Waals surface area contributed by atoms with Gasteiger partial charge in [-0.25, -0.2) is 0 Å². The highest BCUT2D eigenvalue weighted by Gasteiger charge is 2.26. The third-order valence-electron chi connectivity index (χ3n) is 23.8. The summed E-state index contributed by atoms with van der Waals surface area (Å²) >= 11 is 7.59. The molecule has 0 nitrogen and oxygen atoms in total. The number of rotatable bonds is 9. The molecule has 0 saturated carbocycles. The zero-order valence-corrected chi connectivity index (χ0v) is 63.7. The molecule has 0 unspecified atom stereocenters. The third-order valence-corrected chi connectivity index (χ3v) is 28.5. The van der Waals surface area contributed by atoms with Crippen LogP contribution < -0.4 is 0 Å². The van der Waals surface area contributed by atoms with Crippen molar-refractivity contribution in [1.82, 2.24) is 0 Å². The van der Waals surface area contributed by atoms with Gasteiger partial charge in [0.25, 0.3) is 0 Å². The van der Waals surface area contributed by atoms with Crippen molar-refractivity contribution in [3.05, 3.63) is 376 Å². The lowest BCUT2D eigenvalue weighted by Gasteiger charge is -2.20. The van der Waals surface area contributed by atoms with E-state index in [4.69, 9.17) is 0 Å².